The lowest BCUT2D eigenvalue weighted by atomic mass is 10.2. The average molecular weight is 330 g/mol. The number of nitrogens with zero attached hydrogens (tertiary/aromatic N) is 3. The summed E-state index contributed by atoms with van der Waals surface area (Å²) in [6, 6.07) is 7.25. The minimum atomic E-state index is 0.516. The zero-order valence-electron chi connectivity index (χ0n) is 7.48. The Labute approximate surface area is 105 Å². The van der Waals surface area contributed by atoms with Gasteiger partial charge in [0.25, 0.3) is 0 Å². The normalized spacial score (nSPS) is 9.93. The van der Waals surface area contributed by atoms with E-state index in [1.54, 1.807) is 29.1 Å². The van der Waals surface area contributed by atoms with Crippen molar-refractivity contribution < 1.29 is 0 Å². The molecule has 0 spiro atoms. The van der Waals surface area contributed by atoms with Crippen LogP contribution in [0.5, 0.6) is 0 Å². The molecular formula is C10H5ClIN3. The van der Waals surface area contributed by atoms with Gasteiger partial charge in [0.2, 0.25) is 0 Å². The van der Waals surface area contributed by atoms with Crippen molar-refractivity contribution in [2.75, 3.05) is 0 Å². The first-order valence-corrected chi connectivity index (χ1v) is 5.56. The van der Waals surface area contributed by atoms with Gasteiger partial charge in [-0.2, -0.15) is 10.4 Å². The highest BCUT2D eigenvalue weighted by molar-refractivity contribution is 14.1. The van der Waals surface area contributed by atoms with Crippen molar-refractivity contribution in [1.82, 2.24) is 9.78 Å². The number of hydrogen-bond acceptors (Lipinski definition) is 2. The van der Waals surface area contributed by atoms with E-state index in [1.807, 2.05) is 6.20 Å². The molecule has 1 aromatic carbocycles. The molecule has 0 N–H and O–H groups in total. The molecule has 0 unspecified atom stereocenters. The first-order chi connectivity index (χ1) is 7.20. The average Bonchev–Trinajstić information content (AvgIpc) is 2.64. The van der Waals surface area contributed by atoms with Gasteiger partial charge in [-0.25, -0.2) is 4.68 Å². The van der Waals surface area contributed by atoms with Crippen LogP contribution in [0.1, 0.15) is 5.56 Å². The van der Waals surface area contributed by atoms with Gasteiger partial charge in [0, 0.05) is 11.2 Å². The summed E-state index contributed by atoms with van der Waals surface area (Å²) in [7, 11) is 0. The Morgan fingerprint density at radius 3 is 2.87 bits per heavy atom. The molecule has 15 heavy (non-hydrogen) atoms. The van der Waals surface area contributed by atoms with Crippen LogP contribution >= 0.6 is 34.2 Å². The number of benzene rings is 1. The molecule has 0 aliphatic rings. The van der Waals surface area contributed by atoms with Crippen molar-refractivity contribution in [2.24, 2.45) is 0 Å². The zero-order chi connectivity index (χ0) is 10.8. The Balaban J connectivity index is 2.58. The van der Waals surface area contributed by atoms with Crippen molar-refractivity contribution in [1.29, 1.82) is 5.26 Å². The highest BCUT2D eigenvalue weighted by Gasteiger charge is 2.05. The minimum Gasteiger partial charge on any atom is -0.239 e. The molecule has 74 valence electrons. The fourth-order valence-corrected chi connectivity index (χ4v) is 1.79. The van der Waals surface area contributed by atoms with E-state index in [1.165, 1.54) is 0 Å². The minimum absolute atomic E-state index is 0.516. The third-order valence-electron chi connectivity index (χ3n) is 1.88. The molecule has 1 aromatic heterocycles. The molecule has 0 amide bonds. The van der Waals surface area contributed by atoms with Gasteiger partial charge >= 0.3 is 0 Å². The van der Waals surface area contributed by atoms with Crippen molar-refractivity contribution >= 4 is 34.2 Å². The zero-order valence-corrected chi connectivity index (χ0v) is 10.4. The van der Waals surface area contributed by atoms with Crippen LogP contribution in [0.3, 0.4) is 0 Å². The van der Waals surface area contributed by atoms with E-state index in [-0.39, 0.29) is 0 Å². The molecule has 0 radical (unpaired) electrons. The van der Waals surface area contributed by atoms with Crippen LogP contribution in [0, 0.1) is 14.9 Å². The molecule has 0 aliphatic heterocycles. The summed E-state index contributed by atoms with van der Waals surface area (Å²) in [5.74, 6) is 0. The molecular weight excluding hydrogens is 324 g/mol. The Kier molecular flexibility index (Phi) is 2.93. The molecule has 0 saturated heterocycles. The lowest BCUT2D eigenvalue weighted by Gasteiger charge is -2.03. The van der Waals surface area contributed by atoms with E-state index >= 15 is 0 Å². The second-order valence-corrected chi connectivity index (χ2v) is 4.56. The lowest BCUT2D eigenvalue weighted by molar-refractivity contribution is 0.877. The van der Waals surface area contributed by atoms with Gasteiger partial charge in [-0.05, 0) is 40.8 Å². The Bertz CT molecular complexity index is 542. The van der Waals surface area contributed by atoms with Gasteiger partial charge in [0.1, 0.15) is 6.07 Å². The van der Waals surface area contributed by atoms with Gasteiger partial charge in [0.15, 0.2) is 0 Å². The van der Waals surface area contributed by atoms with E-state index in [4.69, 9.17) is 16.9 Å². The van der Waals surface area contributed by atoms with Gasteiger partial charge < -0.3 is 0 Å². The molecule has 0 fully saturated rings. The number of rotatable bonds is 1. The molecule has 2 aromatic rings. The van der Waals surface area contributed by atoms with E-state index in [9.17, 15) is 0 Å². The second-order valence-electron chi connectivity index (χ2n) is 2.88. The van der Waals surface area contributed by atoms with Crippen LogP contribution in [0.15, 0.2) is 30.6 Å². The Morgan fingerprint density at radius 2 is 2.27 bits per heavy atom. The molecule has 0 saturated carbocycles. The standard InChI is InChI=1S/C10H5ClIN3/c11-8-1-2-10(7(3-8)4-13)15-6-9(12)5-14-15/h1-3,5-6H. The molecule has 1 heterocycles. The SMILES string of the molecule is N#Cc1cc(Cl)ccc1-n1cc(I)cn1. The predicted molar refractivity (Wildman–Crippen MR) is 66.0 cm³/mol. The van der Waals surface area contributed by atoms with Crippen LogP contribution in [0.4, 0.5) is 0 Å². The summed E-state index contributed by atoms with van der Waals surface area (Å²) < 4.78 is 2.68. The van der Waals surface area contributed by atoms with Crippen LogP contribution in [0.25, 0.3) is 5.69 Å². The van der Waals surface area contributed by atoms with Crippen molar-refractivity contribution in [3.8, 4) is 11.8 Å². The summed E-state index contributed by atoms with van der Waals surface area (Å²) in [4.78, 5) is 0. The maximum absolute atomic E-state index is 8.96. The Hall–Kier alpha value is -1.06. The topological polar surface area (TPSA) is 41.6 Å². The quantitative estimate of drug-likeness (QED) is 0.755. The molecule has 3 nitrogen and oxygen atoms in total. The van der Waals surface area contributed by atoms with Crippen molar-refractivity contribution in [3.05, 3.63) is 44.7 Å². The third-order valence-corrected chi connectivity index (χ3v) is 2.67. The molecule has 0 aliphatic carbocycles. The maximum atomic E-state index is 8.96. The summed E-state index contributed by atoms with van der Waals surface area (Å²) in [6.07, 6.45) is 3.58. The van der Waals surface area contributed by atoms with E-state index in [0.29, 0.717) is 10.6 Å². The highest BCUT2D eigenvalue weighted by Crippen LogP contribution is 2.19. The van der Waals surface area contributed by atoms with E-state index in [0.717, 1.165) is 9.26 Å². The summed E-state index contributed by atoms with van der Waals surface area (Å²) in [5.41, 5.74) is 1.26. The van der Waals surface area contributed by atoms with Crippen LogP contribution in [-0.2, 0) is 0 Å². The number of halogens is 2. The third kappa shape index (κ3) is 2.13. The number of aromatic nitrogens is 2. The first-order valence-electron chi connectivity index (χ1n) is 4.11. The van der Waals surface area contributed by atoms with Crippen molar-refractivity contribution in [3.63, 3.8) is 0 Å². The van der Waals surface area contributed by atoms with Crippen LogP contribution in [0.2, 0.25) is 5.02 Å². The fourth-order valence-electron chi connectivity index (χ4n) is 1.23. The smallest absolute Gasteiger partial charge is 0.101 e. The van der Waals surface area contributed by atoms with Crippen LogP contribution < -0.4 is 0 Å². The lowest BCUT2D eigenvalue weighted by Crippen LogP contribution is -1.97. The van der Waals surface area contributed by atoms with Gasteiger partial charge in [0.05, 0.1) is 21.0 Å². The van der Waals surface area contributed by atoms with Gasteiger partial charge in [-0.1, -0.05) is 11.6 Å². The Morgan fingerprint density at radius 1 is 1.47 bits per heavy atom. The number of nitriles is 1. The van der Waals surface area contributed by atoms with Crippen molar-refractivity contribution in [2.45, 2.75) is 0 Å². The largest absolute Gasteiger partial charge is 0.239 e. The predicted octanol–water partition coefficient (Wildman–Crippen LogP) is 3.00. The second kappa shape index (κ2) is 4.21. The summed E-state index contributed by atoms with van der Waals surface area (Å²) >= 11 is 7.97. The number of hydrogen-bond donors (Lipinski definition) is 0. The molecule has 5 heteroatoms. The first kappa shape index (κ1) is 10.5. The fraction of sp³-hybridized carbons (Fsp3) is 0. The summed E-state index contributed by atoms with van der Waals surface area (Å²) in [6.45, 7) is 0. The summed E-state index contributed by atoms with van der Waals surface area (Å²) in [5, 5.41) is 13.7. The molecule has 2 rings (SSSR count). The van der Waals surface area contributed by atoms with E-state index in [2.05, 4.69) is 33.8 Å². The van der Waals surface area contributed by atoms with E-state index < -0.39 is 0 Å². The van der Waals surface area contributed by atoms with Gasteiger partial charge in [-0.15, -0.1) is 0 Å². The molecule has 0 atom stereocenters. The monoisotopic (exact) mass is 329 g/mol. The highest BCUT2D eigenvalue weighted by atomic mass is 127. The maximum Gasteiger partial charge on any atom is 0.101 e. The molecule has 0 bridgehead atoms. The van der Waals surface area contributed by atoms with Gasteiger partial charge in [-0.3, -0.25) is 0 Å². The van der Waals surface area contributed by atoms with Crippen LogP contribution in [-0.4, -0.2) is 9.78 Å².